The highest BCUT2D eigenvalue weighted by atomic mass is 16.5. The van der Waals surface area contributed by atoms with Crippen molar-refractivity contribution in [3.63, 3.8) is 0 Å². The van der Waals surface area contributed by atoms with Crippen molar-refractivity contribution in [1.82, 2.24) is 0 Å². The molecular weight excluding hydrogens is 522 g/mol. The normalized spacial score (nSPS) is 12.9. The molecule has 1 aliphatic rings. The molecule has 0 fully saturated rings. The Morgan fingerprint density at radius 1 is 0.690 bits per heavy atom. The summed E-state index contributed by atoms with van der Waals surface area (Å²) in [5.41, 5.74) is 7.53. The van der Waals surface area contributed by atoms with E-state index in [0.717, 1.165) is 52.4 Å². The second-order valence-electron chi connectivity index (χ2n) is 11.4. The van der Waals surface area contributed by atoms with Gasteiger partial charge in [-0.2, -0.15) is 0 Å². The van der Waals surface area contributed by atoms with Crippen LogP contribution in [0.2, 0.25) is 0 Å². The van der Waals surface area contributed by atoms with Gasteiger partial charge < -0.3 is 18.9 Å². The predicted molar refractivity (Wildman–Crippen MR) is 170 cm³/mol. The maximum atomic E-state index is 6.25. The van der Waals surface area contributed by atoms with E-state index < -0.39 is 0 Å². The van der Waals surface area contributed by atoms with Crippen LogP contribution in [0.25, 0.3) is 6.08 Å². The summed E-state index contributed by atoms with van der Waals surface area (Å²) in [7, 11) is 3.36. The van der Waals surface area contributed by atoms with E-state index >= 15 is 0 Å². The Labute approximate surface area is 249 Å². The van der Waals surface area contributed by atoms with Gasteiger partial charge in [-0.25, -0.2) is 0 Å². The van der Waals surface area contributed by atoms with E-state index in [0.29, 0.717) is 24.7 Å². The number of ether oxygens (including phenoxy) is 4. The Morgan fingerprint density at radius 2 is 1.26 bits per heavy atom. The highest BCUT2D eigenvalue weighted by molar-refractivity contribution is 6.12. The molecule has 0 unspecified atom stereocenters. The van der Waals surface area contributed by atoms with Gasteiger partial charge in [-0.05, 0) is 70.0 Å². The summed E-state index contributed by atoms with van der Waals surface area (Å²) >= 11 is 0. The van der Waals surface area contributed by atoms with Crippen LogP contribution in [0, 0.1) is 0 Å². The molecule has 0 N–H and O–H groups in total. The van der Waals surface area contributed by atoms with Gasteiger partial charge in [0.1, 0.15) is 13.2 Å². The third-order valence-corrected chi connectivity index (χ3v) is 7.37. The molecule has 4 aromatic rings. The van der Waals surface area contributed by atoms with Gasteiger partial charge in [-0.3, -0.25) is 4.99 Å². The SMILES string of the molecule is COc1cc(C(C)(C)C)c(C=CC2=NCCc3cc(OCc4ccccc4)c(OC)cc32)cc1OCc1ccccc1. The third kappa shape index (κ3) is 6.85. The molecular formula is C37H39NO4. The summed E-state index contributed by atoms with van der Waals surface area (Å²) in [6, 6.07) is 28.6. The summed E-state index contributed by atoms with van der Waals surface area (Å²) in [6.07, 6.45) is 5.08. The first kappa shape index (κ1) is 29.0. The van der Waals surface area contributed by atoms with Crippen molar-refractivity contribution in [1.29, 1.82) is 0 Å². The molecule has 0 atom stereocenters. The van der Waals surface area contributed by atoms with Crippen LogP contribution in [0.15, 0.2) is 96.0 Å². The first-order valence-electron chi connectivity index (χ1n) is 14.4. The van der Waals surface area contributed by atoms with Gasteiger partial charge in [0.2, 0.25) is 0 Å². The molecule has 0 saturated heterocycles. The zero-order valence-electron chi connectivity index (χ0n) is 25.1. The van der Waals surface area contributed by atoms with Crippen molar-refractivity contribution in [2.75, 3.05) is 20.8 Å². The lowest BCUT2D eigenvalue weighted by molar-refractivity contribution is 0.284. The predicted octanol–water partition coefficient (Wildman–Crippen LogP) is 8.22. The fourth-order valence-corrected chi connectivity index (χ4v) is 5.12. The summed E-state index contributed by atoms with van der Waals surface area (Å²) in [4.78, 5) is 4.89. The second-order valence-corrected chi connectivity index (χ2v) is 11.4. The molecule has 5 nitrogen and oxygen atoms in total. The molecule has 0 radical (unpaired) electrons. The zero-order valence-corrected chi connectivity index (χ0v) is 25.1. The maximum absolute atomic E-state index is 6.25. The Balaban J connectivity index is 1.44. The van der Waals surface area contributed by atoms with E-state index in [1.54, 1.807) is 14.2 Å². The van der Waals surface area contributed by atoms with Crippen molar-refractivity contribution in [2.45, 2.75) is 45.8 Å². The smallest absolute Gasteiger partial charge is 0.162 e. The molecule has 5 rings (SSSR count). The van der Waals surface area contributed by atoms with Gasteiger partial charge in [-0.15, -0.1) is 0 Å². The molecule has 42 heavy (non-hydrogen) atoms. The number of benzene rings is 4. The van der Waals surface area contributed by atoms with E-state index in [1.165, 1.54) is 11.1 Å². The van der Waals surface area contributed by atoms with Crippen LogP contribution in [0.4, 0.5) is 0 Å². The average Bonchev–Trinajstić information content (AvgIpc) is 3.01. The fraction of sp³-hybridized carbons (Fsp3) is 0.270. The van der Waals surface area contributed by atoms with Crippen LogP contribution in [0.3, 0.4) is 0 Å². The van der Waals surface area contributed by atoms with Gasteiger partial charge in [0.05, 0.1) is 19.9 Å². The topological polar surface area (TPSA) is 49.3 Å². The van der Waals surface area contributed by atoms with Crippen LogP contribution in [0.5, 0.6) is 23.0 Å². The Bertz CT molecular complexity index is 1570. The number of aliphatic imine (C=N–C) groups is 1. The lowest BCUT2D eigenvalue weighted by Gasteiger charge is -2.24. The quantitative estimate of drug-likeness (QED) is 0.196. The Hall–Kier alpha value is -4.51. The maximum Gasteiger partial charge on any atom is 0.162 e. The van der Waals surface area contributed by atoms with Gasteiger partial charge in [0, 0.05) is 12.1 Å². The van der Waals surface area contributed by atoms with E-state index in [9.17, 15) is 0 Å². The van der Waals surface area contributed by atoms with Crippen LogP contribution >= 0.6 is 0 Å². The number of nitrogens with zero attached hydrogens (tertiary/aromatic N) is 1. The first-order chi connectivity index (χ1) is 20.4. The second kappa shape index (κ2) is 13.0. The largest absolute Gasteiger partial charge is 0.493 e. The molecule has 1 aliphatic heterocycles. The minimum absolute atomic E-state index is 0.106. The number of methoxy groups -OCH3 is 2. The minimum atomic E-state index is -0.106. The van der Waals surface area contributed by atoms with Gasteiger partial charge >= 0.3 is 0 Å². The summed E-state index contributed by atoms with van der Waals surface area (Å²) < 4.78 is 23.9. The highest BCUT2D eigenvalue weighted by Crippen LogP contribution is 2.38. The molecule has 0 aliphatic carbocycles. The monoisotopic (exact) mass is 561 g/mol. The molecule has 0 bridgehead atoms. The minimum Gasteiger partial charge on any atom is -0.493 e. The summed E-state index contributed by atoms with van der Waals surface area (Å²) in [6.45, 7) is 8.29. The molecule has 0 saturated carbocycles. The van der Waals surface area contributed by atoms with E-state index in [2.05, 4.69) is 75.4 Å². The van der Waals surface area contributed by atoms with Crippen molar-refractivity contribution >= 4 is 11.8 Å². The van der Waals surface area contributed by atoms with Crippen molar-refractivity contribution < 1.29 is 18.9 Å². The van der Waals surface area contributed by atoms with Crippen LogP contribution in [-0.4, -0.2) is 26.5 Å². The molecule has 1 heterocycles. The highest BCUT2D eigenvalue weighted by Gasteiger charge is 2.22. The van der Waals surface area contributed by atoms with Crippen molar-refractivity contribution in [2.24, 2.45) is 4.99 Å². The Kier molecular flexibility index (Phi) is 8.97. The number of rotatable bonds is 10. The zero-order chi connectivity index (χ0) is 29.5. The number of fused-ring (bicyclic) bond motifs is 1. The van der Waals surface area contributed by atoms with Gasteiger partial charge in [0.25, 0.3) is 0 Å². The molecule has 0 spiro atoms. The number of allylic oxidation sites excluding steroid dienone is 1. The summed E-state index contributed by atoms with van der Waals surface area (Å²) in [5.74, 6) is 2.88. The van der Waals surface area contributed by atoms with Crippen molar-refractivity contribution in [3.05, 3.63) is 124 Å². The summed E-state index contributed by atoms with van der Waals surface area (Å²) in [5, 5.41) is 0. The fourth-order valence-electron chi connectivity index (χ4n) is 5.12. The van der Waals surface area contributed by atoms with Gasteiger partial charge in [0.15, 0.2) is 23.0 Å². The standard InChI is InChI=1S/C37H39NO4/c1-37(2,3)31-23-34(40-5)36(42-25-27-14-10-7-11-15-27)21-29(31)16-17-32-30-22-33(39-4)35(20-28(30)18-19-38-32)41-24-26-12-8-6-9-13-26/h6-17,20-23H,18-19,24-25H2,1-5H3. The lowest BCUT2D eigenvalue weighted by atomic mass is 9.83. The molecule has 5 heteroatoms. The lowest BCUT2D eigenvalue weighted by Crippen LogP contribution is -2.14. The van der Waals surface area contributed by atoms with Crippen LogP contribution in [0.1, 0.15) is 54.2 Å². The Morgan fingerprint density at radius 3 is 1.83 bits per heavy atom. The molecule has 0 amide bonds. The average molecular weight is 562 g/mol. The number of hydrogen-bond donors (Lipinski definition) is 0. The molecule has 216 valence electrons. The van der Waals surface area contributed by atoms with E-state index in [-0.39, 0.29) is 5.41 Å². The van der Waals surface area contributed by atoms with E-state index in [1.807, 2.05) is 42.5 Å². The van der Waals surface area contributed by atoms with Crippen LogP contribution in [-0.2, 0) is 25.0 Å². The van der Waals surface area contributed by atoms with Crippen LogP contribution < -0.4 is 18.9 Å². The molecule has 4 aromatic carbocycles. The van der Waals surface area contributed by atoms with Gasteiger partial charge in [-0.1, -0.05) is 87.5 Å². The van der Waals surface area contributed by atoms with E-state index in [4.69, 9.17) is 23.9 Å². The van der Waals surface area contributed by atoms with Crippen molar-refractivity contribution in [3.8, 4) is 23.0 Å². The number of hydrogen-bond acceptors (Lipinski definition) is 5. The molecule has 0 aromatic heterocycles. The first-order valence-corrected chi connectivity index (χ1v) is 14.4. The third-order valence-electron chi connectivity index (χ3n) is 7.37.